The van der Waals surface area contributed by atoms with E-state index in [-0.39, 0.29) is 17.1 Å². The molecule has 0 aliphatic carbocycles. The zero-order chi connectivity index (χ0) is 16.1. The van der Waals surface area contributed by atoms with E-state index in [1.165, 1.54) is 5.57 Å². The topological polar surface area (TPSA) is 42.5 Å². The molecule has 122 valence electrons. The lowest BCUT2D eigenvalue weighted by Crippen LogP contribution is -2.50. The van der Waals surface area contributed by atoms with Crippen LogP contribution in [-0.4, -0.2) is 40.2 Å². The second-order valence-corrected chi connectivity index (χ2v) is 12.1. The first kappa shape index (κ1) is 18.6. The quantitative estimate of drug-likeness (QED) is 0.328. The highest BCUT2D eigenvalue weighted by molar-refractivity contribution is 6.74. The molecule has 0 saturated heterocycles. The van der Waals surface area contributed by atoms with Gasteiger partial charge in [0.2, 0.25) is 0 Å². The smallest absolute Gasteiger partial charge is 0.192 e. The van der Waals surface area contributed by atoms with Crippen LogP contribution in [0.3, 0.4) is 0 Å². The van der Waals surface area contributed by atoms with Gasteiger partial charge in [-0.2, -0.15) is 5.48 Å². The minimum atomic E-state index is -1.67. The molecule has 21 heavy (non-hydrogen) atoms. The predicted molar refractivity (Wildman–Crippen MR) is 91.8 cm³/mol. The lowest BCUT2D eigenvalue weighted by molar-refractivity contribution is 0.0412. The molecule has 0 aromatic heterocycles. The van der Waals surface area contributed by atoms with Gasteiger partial charge in [-0.15, -0.1) is 6.58 Å². The van der Waals surface area contributed by atoms with E-state index in [1.807, 2.05) is 0 Å². The average Bonchev–Trinajstić information content (AvgIpc) is 2.37. The fourth-order valence-corrected chi connectivity index (χ4v) is 2.92. The third-order valence-electron chi connectivity index (χ3n) is 4.45. The van der Waals surface area contributed by atoms with Crippen LogP contribution >= 0.6 is 0 Å². The van der Waals surface area contributed by atoms with Gasteiger partial charge in [-0.25, -0.2) is 0 Å². The summed E-state index contributed by atoms with van der Waals surface area (Å²) in [5.74, 6) is 0. The molecule has 0 radical (unpaired) electrons. The minimum Gasteiger partial charge on any atom is -0.415 e. The second-order valence-electron chi connectivity index (χ2n) is 7.27. The molecular formula is C16H32N2O2Si. The maximum atomic E-state index is 6.28. The van der Waals surface area contributed by atoms with Crippen molar-refractivity contribution in [1.82, 2.24) is 10.8 Å². The van der Waals surface area contributed by atoms with Gasteiger partial charge in [-0.1, -0.05) is 38.5 Å². The van der Waals surface area contributed by atoms with Crippen molar-refractivity contribution in [2.24, 2.45) is 0 Å². The Morgan fingerprint density at radius 1 is 1.48 bits per heavy atom. The Bertz CT molecular complexity index is 375. The first-order chi connectivity index (χ1) is 9.67. The number of rotatable bonds is 7. The van der Waals surface area contributed by atoms with Crippen molar-refractivity contribution in [3.63, 3.8) is 0 Å². The van der Waals surface area contributed by atoms with Crippen LogP contribution in [0.4, 0.5) is 0 Å². The predicted octanol–water partition coefficient (Wildman–Crippen LogP) is 3.00. The van der Waals surface area contributed by atoms with Gasteiger partial charge in [-0.3, -0.25) is 4.84 Å². The molecular weight excluding hydrogens is 280 g/mol. The van der Waals surface area contributed by atoms with Gasteiger partial charge >= 0.3 is 0 Å². The summed E-state index contributed by atoms with van der Waals surface area (Å²) in [5, 5.41) is 3.76. The minimum absolute atomic E-state index is 0.217. The molecule has 5 heteroatoms. The van der Waals surface area contributed by atoms with E-state index in [0.717, 1.165) is 13.2 Å². The van der Waals surface area contributed by atoms with Crippen molar-refractivity contribution in [2.45, 2.75) is 57.9 Å². The van der Waals surface area contributed by atoms with Crippen molar-refractivity contribution in [3.8, 4) is 0 Å². The highest BCUT2D eigenvalue weighted by atomic mass is 28.4. The van der Waals surface area contributed by atoms with Gasteiger partial charge in [0.25, 0.3) is 0 Å². The Morgan fingerprint density at radius 3 is 2.67 bits per heavy atom. The normalized spacial score (nSPS) is 23.8. The lowest BCUT2D eigenvalue weighted by Gasteiger charge is -2.38. The molecule has 4 nitrogen and oxygen atoms in total. The zero-order valence-electron chi connectivity index (χ0n) is 14.5. The molecule has 0 saturated carbocycles. The second kappa shape index (κ2) is 7.69. The fraction of sp³-hybridized carbons (Fsp3) is 0.750. The van der Waals surface area contributed by atoms with Crippen LogP contribution in [0.15, 0.2) is 24.3 Å². The third-order valence-corrected chi connectivity index (χ3v) is 8.96. The van der Waals surface area contributed by atoms with E-state index in [0.29, 0.717) is 6.61 Å². The van der Waals surface area contributed by atoms with Crippen molar-refractivity contribution in [1.29, 1.82) is 0 Å². The molecule has 0 fully saturated rings. The van der Waals surface area contributed by atoms with Gasteiger partial charge in [0, 0.05) is 12.6 Å². The highest BCUT2D eigenvalue weighted by Gasteiger charge is 2.37. The van der Waals surface area contributed by atoms with Crippen LogP contribution < -0.4 is 10.8 Å². The Kier molecular flexibility index (Phi) is 6.81. The number of hydroxylamine groups is 1. The van der Waals surface area contributed by atoms with Crippen LogP contribution in [0.1, 0.15) is 27.7 Å². The van der Waals surface area contributed by atoms with Gasteiger partial charge in [0.15, 0.2) is 8.32 Å². The van der Waals surface area contributed by atoms with E-state index >= 15 is 0 Å². The summed E-state index contributed by atoms with van der Waals surface area (Å²) in [6.45, 7) is 19.3. The molecule has 1 aliphatic rings. The average molecular weight is 313 g/mol. The summed E-state index contributed by atoms with van der Waals surface area (Å²) in [7, 11) is -1.67. The van der Waals surface area contributed by atoms with E-state index in [9.17, 15) is 0 Å². The molecule has 1 rings (SSSR count). The van der Waals surface area contributed by atoms with E-state index in [4.69, 9.17) is 9.26 Å². The van der Waals surface area contributed by atoms with Crippen LogP contribution in [0.5, 0.6) is 0 Å². The Balaban J connectivity index is 2.48. The van der Waals surface area contributed by atoms with Gasteiger partial charge in [0.1, 0.15) is 0 Å². The number of nitrogens with one attached hydrogen (secondary N) is 2. The highest BCUT2D eigenvalue weighted by Crippen LogP contribution is 2.36. The molecule has 0 bridgehead atoms. The van der Waals surface area contributed by atoms with Crippen molar-refractivity contribution in [2.75, 3.05) is 19.8 Å². The fourth-order valence-electron chi connectivity index (χ4n) is 1.89. The van der Waals surface area contributed by atoms with Crippen molar-refractivity contribution < 1.29 is 9.26 Å². The Morgan fingerprint density at radius 2 is 2.14 bits per heavy atom. The standard InChI is InChI=1S/C16H32N2O2Si/c1-8-9-19-18-15-11-17-14(10-13(15)2)12-20-21(6,7)16(3,4)5/h8,10,14-15,17-18H,1,9,11-12H2,2-7H3. The maximum Gasteiger partial charge on any atom is 0.192 e. The molecule has 1 aliphatic heterocycles. The Hall–Kier alpha value is -0.463. The molecule has 2 N–H and O–H groups in total. The summed E-state index contributed by atoms with van der Waals surface area (Å²) >= 11 is 0. The van der Waals surface area contributed by atoms with Gasteiger partial charge in [-0.05, 0) is 25.1 Å². The molecule has 0 spiro atoms. The first-order valence-electron chi connectivity index (χ1n) is 7.71. The van der Waals surface area contributed by atoms with Crippen molar-refractivity contribution >= 4 is 8.32 Å². The summed E-state index contributed by atoms with van der Waals surface area (Å²) in [6, 6.07) is 0.505. The van der Waals surface area contributed by atoms with E-state index in [1.54, 1.807) is 6.08 Å². The van der Waals surface area contributed by atoms with Gasteiger partial charge < -0.3 is 9.74 Å². The third kappa shape index (κ3) is 5.68. The van der Waals surface area contributed by atoms with E-state index in [2.05, 4.69) is 64.2 Å². The molecule has 2 atom stereocenters. The maximum absolute atomic E-state index is 6.28. The van der Waals surface area contributed by atoms with Crippen LogP contribution in [0.25, 0.3) is 0 Å². The first-order valence-corrected chi connectivity index (χ1v) is 10.6. The number of hydrogen-bond acceptors (Lipinski definition) is 4. The SMILES string of the molecule is C=CCONC1CNC(CO[Si](C)(C)C(C)(C)C)C=C1C. The Labute approximate surface area is 131 Å². The van der Waals surface area contributed by atoms with Gasteiger partial charge in [0.05, 0.1) is 19.3 Å². The molecule has 0 amide bonds. The molecule has 2 unspecified atom stereocenters. The summed E-state index contributed by atoms with van der Waals surface area (Å²) in [5.41, 5.74) is 4.35. The summed E-state index contributed by atoms with van der Waals surface area (Å²) < 4.78 is 6.28. The molecule has 0 aromatic carbocycles. The van der Waals surface area contributed by atoms with Crippen LogP contribution in [0, 0.1) is 0 Å². The molecule has 0 aromatic rings. The van der Waals surface area contributed by atoms with E-state index < -0.39 is 8.32 Å². The number of hydrogen-bond donors (Lipinski definition) is 2. The largest absolute Gasteiger partial charge is 0.415 e. The van der Waals surface area contributed by atoms with Crippen LogP contribution in [0.2, 0.25) is 18.1 Å². The monoisotopic (exact) mass is 312 g/mol. The summed E-state index contributed by atoms with van der Waals surface area (Å²) in [6.07, 6.45) is 3.98. The van der Waals surface area contributed by atoms with Crippen LogP contribution in [-0.2, 0) is 9.26 Å². The summed E-state index contributed by atoms with van der Waals surface area (Å²) in [4.78, 5) is 5.31. The lowest BCUT2D eigenvalue weighted by atomic mass is 10.0. The molecule has 1 heterocycles. The van der Waals surface area contributed by atoms with Crippen molar-refractivity contribution in [3.05, 3.63) is 24.3 Å². The zero-order valence-corrected chi connectivity index (χ0v) is 15.5.